The molecule has 0 bridgehead atoms. The van der Waals surface area contributed by atoms with Crippen molar-refractivity contribution in [1.29, 1.82) is 0 Å². The highest BCUT2D eigenvalue weighted by molar-refractivity contribution is 7.10. The molecular weight excluding hydrogens is 358 g/mol. The molecular formula is C21H25N3O2S. The van der Waals surface area contributed by atoms with Crippen molar-refractivity contribution in [2.75, 3.05) is 6.54 Å². The summed E-state index contributed by atoms with van der Waals surface area (Å²) in [5.41, 5.74) is 2.67. The van der Waals surface area contributed by atoms with E-state index in [0.29, 0.717) is 12.1 Å². The minimum atomic E-state index is -0.103. The van der Waals surface area contributed by atoms with Crippen LogP contribution in [0, 0.1) is 13.8 Å². The Bertz CT molecular complexity index is 883. The summed E-state index contributed by atoms with van der Waals surface area (Å²) in [6, 6.07) is 13.4. The molecule has 0 radical (unpaired) electrons. The predicted molar refractivity (Wildman–Crippen MR) is 109 cm³/mol. The van der Waals surface area contributed by atoms with E-state index in [2.05, 4.69) is 22.5 Å². The number of amides is 1. The van der Waals surface area contributed by atoms with E-state index in [1.807, 2.05) is 56.0 Å². The summed E-state index contributed by atoms with van der Waals surface area (Å²) in [4.78, 5) is 13.8. The van der Waals surface area contributed by atoms with E-state index >= 15 is 0 Å². The molecule has 3 aromatic rings. The SMILES string of the molecule is Cc1cc(C)n([C@H](CNC(=O)c2ccc(OC(C)C)cc2)c2cccs2)n1. The summed E-state index contributed by atoms with van der Waals surface area (Å²) in [7, 11) is 0. The van der Waals surface area contributed by atoms with E-state index < -0.39 is 0 Å². The van der Waals surface area contributed by atoms with Gasteiger partial charge in [-0.2, -0.15) is 5.10 Å². The molecule has 5 nitrogen and oxygen atoms in total. The van der Waals surface area contributed by atoms with Crippen LogP contribution in [0.15, 0.2) is 47.8 Å². The molecule has 1 amide bonds. The molecule has 6 heteroatoms. The lowest BCUT2D eigenvalue weighted by Crippen LogP contribution is -2.31. The van der Waals surface area contributed by atoms with Crippen molar-refractivity contribution >= 4 is 17.2 Å². The third-order valence-electron chi connectivity index (χ3n) is 4.16. The highest BCUT2D eigenvalue weighted by Gasteiger charge is 2.19. The third kappa shape index (κ3) is 4.77. The molecule has 0 aliphatic rings. The Labute approximate surface area is 164 Å². The average molecular weight is 384 g/mol. The number of hydrogen-bond donors (Lipinski definition) is 1. The first kappa shape index (κ1) is 19.2. The second-order valence-electron chi connectivity index (χ2n) is 6.80. The number of aromatic nitrogens is 2. The third-order valence-corrected chi connectivity index (χ3v) is 5.13. The molecule has 0 saturated heterocycles. The van der Waals surface area contributed by atoms with Crippen LogP contribution in [0.2, 0.25) is 0 Å². The molecule has 2 aromatic heterocycles. The van der Waals surface area contributed by atoms with Gasteiger partial charge in [-0.1, -0.05) is 6.07 Å². The fraction of sp³-hybridized carbons (Fsp3) is 0.333. The number of nitrogens with one attached hydrogen (secondary N) is 1. The Kier molecular flexibility index (Phi) is 5.96. The Balaban J connectivity index is 1.72. The van der Waals surface area contributed by atoms with Crippen LogP contribution in [0.3, 0.4) is 0 Å². The molecule has 0 aliphatic carbocycles. The van der Waals surface area contributed by atoms with Crippen LogP contribution in [0.1, 0.15) is 46.5 Å². The molecule has 1 aromatic carbocycles. The van der Waals surface area contributed by atoms with Gasteiger partial charge in [0.25, 0.3) is 5.91 Å². The number of benzene rings is 1. The van der Waals surface area contributed by atoms with Gasteiger partial charge in [-0.15, -0.1) is 11.3 Å². The molecule has 1 N–H and O–H groups in total. The maximum atomic E-state index is 12.6. The van der Waals surface area contributed by atoms with Gasteiger partial charge in [0.15, 0.2) is 0 Å². The summed E-state index contributed by atoms with van der Waals surface area (Å²) >= 11 is 1.67. The van der Waals surface area contributed by atoms with E-state index in [1.165, 1.54) is 4.88 Å². The van der Waals surface area contributed by atoms with Crippen molar-refractivity contribution < 1.29 is 9.53 Å². The minimum absolute atomic E-state index is 0.0220. The van der Waals surface area contributed by atoms with Gasteiger partial charge < -0.3 is 10.1 Å². The van der Waals surface area contributed by atoms with E-state index in [9.17, 15) is 4.79 Å². The molecule has 0 fully saturated rings. The van der Waals surface area contributed by atoms with Crippen LogP contribution >= 0.6 is 11.3 Å². The Morgan fingerprint density at radius 2 is 1.96 bits per heavy atom. The molecule has 1 atom stereocenters. The van der Waals surface area contributed by atoms with E-state index in [0.717, 1.165) is 17.1 Å². The summed E-state index contributed by atoms with van der Waals surface area (Å²) < 4.78 is 7.61. The van der Waals surface area contributed by atoms with Crippen molar-refractivity contribution in [1.82, 2.24) is 15.1 Å². The maximum absolute atomic E-state index is 12.6. The van der Waals surface area contributed by atoms with Crippen LogP contribution in [0.4, 0.5) is 0 Å². The van der Waals surface area contributed by atoms with Gasteiger partial charge >= 0.3 is 0 Å². The fourth-order valence-corrected chi connectivity index (χ4v) is 3.81. The van der Waals surface area contributed by atoms with E-state index in [1.54, 1.807) is 23.5 Å². The average Bonchev–Trinajstić information content (AvgIpc) is 3.25. The number of thiophene rings is 1. The highest BCUT2D eigenvalue weighted by atomic mass is 32.1. The molecule has 0 saturated carbocycles. The van der Waals surface area contributed by atoms with Crippen molar-refractivity contribution in [3.8, 4) is 5.75 Å². The maximum Gasteiger partial charge on any atom is 0.251 e. The summed E-state index contributed by atoms with van der Waals surface area (Å²) in [5.74, 6) is 0.662. The van der Waals surface area contributed by atoms with Crippen LogP contribution in [-0.2, 0) is 0 Å². The topological polar surface area (TPSA) is 56.2 Å². The first-order valence-corrected chi connectivity index (χ1v) is 9.93. The molecule has 2 heterocycles. The zero-order valence-electron chi connectivity index (χ0n) is 16.1. The Morgan fingerprint density at radius 1 is 1.22 bits per heavy atom. The van der Waals surface area contributed by atoms with Crippen molar-refractivity contribution in [2.24, 2.45) is 0 Å². The second-order valence-corrected chi connectivity index (χ2v) is 7.78. The van der Waals surface area contributed by atoms with Gasteiger partial charge in [-0.25, -0.2) is 0 Å². The monoisotopic (exact) mass is 383 g/mol. The molecule has 0 unspecified atom stereocenters. The van der Waals surface area contributed by atoms with Crippen LogP contribution in [-0.4, -0.2) is 28.3 Å². The van der Waals surface area contributed by atoms with Gasteiger partial charge in [-0.3, -0.25) is 9.48 Å². The number of hydrogen-bond acceptors (Lipinski definition) is 4. The van der Waals surface area contributed by atoms with Crippen LogP contribution in [0.5, 0.6) is 5.75 Å². The van der Waals surface area contributed by atoms with Gasteiger partial charge in [0, 0.05) is 22.7 Å². The Morgan fingerprint density at radius 3 is 2.52 bits per heavy atom. The number of ether oxygens (including phenoxy) is 1. The lowest BCUT2D eigenvalue weighted by Gasteiger charge is -2.19. The lowest BCUT2D eigenvalue weighted by atomic mass is 10.2. The minimum Gasteiger partial charge on any atom is -0.491 e. The number of nitrogens with zero attached hydrogens (tertiary/aromatic N) is 2. The normalized spacial score (nSPS) is 12.2. The van der Waals surface area contributed by atoms with Crippen molar-refractivity contribution in [3.63, 3.8) is 0 Å². The zero-order valence-corrected chi connectivity index (χ0v) is 16.9. The standard InChI is InChI=1S/C21H25N3O2S/c1-14(2)26-18-9-7-17(8-10-18)21(25)22-13-19(20-6-5-11-27-20)24-16(4)12-15(3)23-24/h5-12,14,19H,13H2,1-4H3,(H,22,25)/t19-/m1/s1. The second kappa shape index (κ2) is 8.39. The first-order valence-electron chi connectivity index (χ1n) is 9.05. The summed E-state index contributed by atoms with van der Waals surface area (Å²) in [6.45, 7) is 8.45. The first-order chi connectivity index (χ1) is 12.9. The zero-order chi connectivity index (χ0) is 19.4. The molecule has 3 rings (SSSR count). The van der Waals surface area contributed by atoms with Gasteiger partial charge in [0.2, 0.25) is 0 Å². The number of rotatable bonds is 7. The lowest BCUT2D eigenvalue weighted by molar-refractivity contribution is 0.0949. The molecule has 142 valence electrons. The van der Waals surface area contributed by atoms with Gasteiger partial charge in [0.1, 0.15) is 11.8 Å². The summed E-state index contributed by atoms with van der Waals surface area (Å²) in [5, 5.41) is 9.71. The van der Waals surface area contributed by atoms with E-state index in [-0.39, 0.29) is 18.1 Å². The number of aryl methyl sites for hydroxylation is 2. The van der Waals surface area contributed by atoms with Crippen LogP contribution in [0.25, 0.3) is 0 Å². The predicted octanol–water partition coefficient (Wildman–Crippen LogP) is 4.37. The molecule has 0 aliphatic heterocycles. The molecule has 27 heavy (non-hydrogen) atoms. The van der Waals surface area contributed by atoms with Gasteiger partial charge in [0.05, 0.1) is 11.8 Å². The highest BCUT2D eigenvalue weighted by Crippen LogP contribution is 2.24. The van der Waals surface area contributed by atoms with Crippen LogP contribution < -0.4 is 10.1 Å². The van der Waals surface area contributed by atoms with Crippen molar-refractivity contribution in [2.45, 2.75) is 39.8 Å². The molecule has 0 spiro atoms. The smallest absolute Gasteiger partial charge is 0.251 e. The van der Waals surface area contributed by atoms with E-state index in [4.69, 9.17) is 4.74 Å². The number of carbonyl (C=O) groups is 1. The largest absolute Gasteiger partial charge is 0.491 e. The summed E-state index contributed by atoms with van der Waals surface area (Å²) in [6.07, 6.45) is 0.108. The fourth-order valence-electron chi connectivity index (χ4n) is 3.00. The van der Waals surface area contributed by atoms with Gasteiger partial charge in [-0.05, 0) is 69.5 Å². The van der Waals surface area contributed by atoms with Crippen molar-refractivity contribution in [3.05, 3.63) is 69.7 Å². The Hall–Kier alpha value is -2.60. The quantitative estimate of drug-likeness (QED) is 0.659. The number of carbonyl (C=O) groups excluding carboxylic acids is 1.